The molecule has 1 heterocycles. The van der Waals surface area contributed by atoms with Crippen molar-refractivity contribution < 1.29 is 9.53 Å². The highest BCUT2D eigenvalue weighted by molar-refractivity contribution is 7.99. The number of Topliss-reactive ketones (excluding diaryl/α,β-unsaturated/α-hetero) is 1. The number of ketones is 1. The summed E-state index contributed by atoms with van der Waals surface area (Å²) in [4.78, 5) is 17.0. The summed E-state index contributed by atoms with van der Waals surface area (Å²) in [5.74, 6) is 1.86. The average Bonchev–Trinajstić information content (AvgIpc) is 3.12. The number of carbonyl (C=O) groups excluding carboxylic acids is 1. The lowest BCUT2D eigenvalue weighted by Crippen LogP contribution is -2.06. The molecule has 0 radical (unpaired) electrons. The summed E-state index contributed by atoms with van der Waals surface area (Å²) in [6.07, 6.45) is 0. The molecule has 0 aliphatic rings. The van der Waals surface area contributed by atoms with Crippen molar-refractivity contribution in [2.75, 3.05) is 12.9 Å². The molecular formula is C20H21N3O2S. The van der Waals surface area contributed by atoms with Crippen LogP contribution in [0.15, 0.2) is 41.6 Å². The minimum absolute atomic E-state index is 0.0893. The predicted octanol–water partition coefficient (Wildman–Crippen LogP) is 4.38. The lowest BCUT2D eigenvalue weighted by atomic mass is 9.99. The number of nitrogens with zero attached hydrogens (tertiary/aromatic N) is 2. The molecule has 0 atom stereocenters. The Morgan fingerprint density at radius 2 is 1.77 bits per heavy atom. The first kappa shape index (κ1) is 18.2. The van der Waals surface area contributed by atoms with Crippen LogP contribution in [0.3, 0.4) is 0 Å². The largest absolute Gasteiger partial charge is 0.497 e. The molecule has 3 rings (SSSR count). The number of benzene rings is 2. The number of H-pyrrole nitrogens is 1. The average molecular weight is 367 g/mol. The Labute approximate surface area is 157 Å². The second kappa shape index (κ2) is 7.74. The molecule has 0 aliphatic heterocycles. The Balaban J connectivity index is 1.68. The van der Waals surface area contributed by atoms with Gasteiger partial charge in [0.1, 0.15) is 5.75 Å². The van der Waals surface area contributed by atoms with E-state index in [0.29, 0.717) is 16.7 Å². The van der Waals surface area contributed by atoms with Gasteiger partial charge in [0.05, 0.1) is 12.9 Å². The lowest BCUT2D eigenvalue weighted by Gasteiger charge is -2.08. The van der Waals surface area contributed by atoms with Crippen LogP contribution in [0.25, 0.3) is 11.4 Å². The molecule has 134 valence electrons. The lowest BCUT2D eigenvalue weighted by molar-refractivity contribution is 0.102. The van der Waals surface area contributed by atoms with Crippen LogP contribution in [0, 0.1) is 20.8 Å². The van der Waals surface area contributed by atoms with Crippen molar-refractivity contribution in [2.45, 2.75) is 25.9 Å². The number of hydrogen-bond donors (Lipinski definition) is 1. The molecule has 0 aliphatic carbocycles. The van der Waals surface area contributed by atoms with E-state index in [9.17, 15) is 4.79 Å². The molecule has 0 unspecified atom stereocenters. The zero-order valence-electron chi connectivity index (χ0n) is 15.3. The second-order valence-electron chi connectivity index (χ2n) is 6.16. The van der Waals surface area contributed by atoms with Crippen LogP contribution in [0.4, 0.5) is 0 Å². The Morgan fingerprint density at radius 1 is 1.08 bits per heavy atom. The SMILES string of the molecule is COc1ccc(-c2nc(SCC(=O)c3cc(C)c(C)cc3C)n[nH]2)cc1. The summed E-state index contributed by atoms with van der Waals surface area (Å²) in [7, 11) is 1.63. The van der Waals surface area contributed by atoms with Crippen LogP contribution in [0.2, 0.25) is 0 Å². The highest BCUT2D eigenvalue weighted by Gasteiger charge is 2.13. The standard InChI is InChI=1S/C20H21N3O2S/c1-12-9-14(3)17(10-13(12)2)18(24)11-26-20-21-19(22-23-20)15-5-7-16(25-4)8-6-15/h5-10H,11H2,1-4H3,(H,21,22,23). The third-order valence-electron chi connectivity index (χ3n) is 4.30. The molecule has 1 N–H and O–H groups in total. The van der Waals surface area contributed by atoms with E-state index in [0.717, 1.165) is 28.0 Å². The topological polar surface area (TPSA) is 67.9 Å². The van der Waals surface area contributed by atoms with Crippen molar-refractivity contribution >= 4 is 17.5 Å². The van der Waals surface area contributed by atoms with E-state index in [-0.39, 0.29) is 5.78 Å². The van der Waals surface area contributed by atoms with Crippen molar-refractivity contribution in [3.8, 4) is 17.1 Å². The van der Waals surface area contributed by atoms with Crippen LogP contribution in [0.5, 0.6) is 5.75 Å². The Kier molecular flexibility index (Phi) is 5.42. The smallest absolute Gasteiger partial charge is 0.209 e. The quantitative estimate of drug-likeness (QED) is 0.517. The highest BCUT2D eigenvalue weighted by Crippen LogP contribution is 2.23. The zero-order chi connectivity index (χ0) is 18.7. The number of methoxy groups -OCH3 is 1. The molecule has 0 amide bonds. The van der Waals surface area contributed by atoms with Crippen molar-refractivity contribution in [3.63, 3.8) is 0 Å². The van der Waals surface area contributed by atoms with Gasteiger partial charge in [0, 0.05) is 11.1 Å². The molecular weight excluding hydrogens is 346 g/mol. The van der Waals surface area contributed by atoms with Gasteiger partial charge >= 0.3 is 0 Å². The molecule has 1 aromatic heterocycles. The van der Waals surface area contributed by atoms with Gasteiger partial charge in [0.15, 0.2) is 11.6 Å². The number of hydrogen-bond acceptors (Lipinski definition) is 5. The Bertz CT molecular complexity index is 933. The fourth-order valence-corrected chi connectivity index (χ4v) is 3.34. The molecule has 0 spiro atoms. The van der Waals surface area contributed by atoms with Crippen LogP contribution >= 0.6 is 11.8 Å². The summed E-state index contributed by atoms with van der Waals surface area (Å²) < 4.78 is 5.15. The maximum Gasteiger partial charge on any atom is 0.209 e. The number of rotatable bonds is 6. The second-order valence-corrected chi connectivity index (χ2v) is 7.10. The zero-order valence-corrected chi connectivity index (χ0v) is 16.1. The summed E-state index contributed by atoms with van der Waals surface area (Å²) in [5.41, 5.74) is 5.02. The van der Waals surface area contributed by atoms with E-state index in [1.165, 1.54) is 17.3 Å². The minimum Gasteiger partial charge on any atom is -0.497 e. The molecule has 0 fully saturated rings. The van der Waals surface area contributed by atoms with Crippen molar-refractivity contribution in [2.24, 2.45) is 0 Å². The van der Waals surface area contributed by atoms with Crippen LogP contribution < -0.4 is 4.74 Å². The molecule has 0 bridgehead atoms. The third kappa shape index (κ3) is 3.96. The molecule has 26 heavy (non-hydrogen) atoms. The van der Waals surface area contributed by atoms with E-state index >= 15 is 0 Å². The first-order valence-corrected chi connectivity index (χ1v) is 9.27. The number of ether oxygens (including phenoxy) is 1. The molecule has 5 nitrogen and oxygen atoms in total. The summed E-state index contributed by atoms with van der Waals surface area (Å²) in [6.45, 7) is 6.05. The normalized spacial score (nSPS) is 10.8. The van der Waals surface area contributed by atoms with E-state index in [1.807, 2.05) is 44.2 Å². The van der Waals surface area contributed by atoms with E-state index in [4.69, 9.17) is 4.74 Å². The first-order valence-electron chi connectivity index (χ1n) is 8.28. The number of carbonyl (C=O) groups is 1. The van der Waals surface area contributed by atoms with E-state index in [2.05, 4.69) is 28.2 Å². The number of aromatic nitrogens is 3. The summed E-state index contributed by atoms with van der Waals surface area (Å²) in [5, 5.41) is 7.68. The summed E-state index contributed by atoms with van der Waals surface area (Å²) >= 11 is 1.34. The monoisotopic (exact) mass is 367 g/mol. The first-order chi connectivity index (χ1) is 12.5. The van der Waals surface area contributed by atoms with Gasteiger partial charge in [-0.25, -0.2) is 4.98 Å². The minimum atomic E-state index is 0.0893. The Morgan fingerprint density at radius 3 is 2.46 bits per heavy atom. The number of nitrogens with one attached hydrogen (secondary N) is 1. The fraction of sp³-hybridized carbons (Fsp3) is 0.250. The van der Waals surface area contributed by atoms with Gasteiger partial charge in [-0.15, -0.1) is 5.10 Å². The molecule has 0 saturated heterocycles. The maximum absolute atomic E-state index is 12.5. The van der Waals surface area contributed by atoms with Gasteiger partial charge in [-0.05, 0) is 67.8 Å². The van der Waals surface area contributed by atoms with Gasteiger partial charge < -0.3 is 4.74 Å². The van der Waals surface area contributed by atoms with Gasteiger partial charge in [-0.2, -0.15) is 0 Å². The number of aromatic amines is 1. The summed E-state index contributed by atoms with van der Waals surface area (Å²) in [6, 6.07) is 11.6. The van der Waals surface area contributed by atoms with Crippen LogP contribution in [-0.2, 0) is 0 Å². The van der Waals surface area contributed by atoms with Crippen molar-refractivity contribution in [3.05, 3.63) is 58.7 Å². The fourth-order valence-electron chi connectivity index (χ4n) is 2.66. The number of thioether (sulfide) groups is 1. The number of aryl methyl sites for hydroxylation is 3. The molecule has 6 heteroatoms. The van der Waals surface area contributed by atoms with E-state index < -0.39 is 0 Å². The van der Waals surface area contributed by atoms with Crippen LogP contribution in [-0.4, -0.2) is 33.8 Å². The van der Waals surface area contributed by atoms with Gasteiger partial charge in [0.25, 0.3) is 0 Å². The molecule has 3 aromatic rings. The molecule has 2 aromatic carbocycles. The highest BCUT2D eigenvalue weighted by atomic mass is 32.2. The Hall–Kier alpha value is -2.60. The third-order valence-corrected chi connectivity index (χ3v) is 5.15. The van der Waals surface area contributed by atoms with Crippen LogP contribution in [0.1, 0.15) is 27.0 Å². The van der Waals surface area contributed by atoms with Gasteiger partial charge in [-0.1, -0.05) is 17.8 Å². The van der Waals surface area contributed by atoms with Crippen molar-refractivity contribution in [1.29, 1.82) is 0 Å². The molecule has 0 saturated carbocycles. The van der Waals surface area contributed by atoms with Gasteiger partial charge in [-0.3, -0.25) is 9.89 Å². The van der Waals surface area contributed by atoms with Crippen molar-refractivity contribution in [1.82, 2.24) is 15.2 Å². The maximum atomic E-state index is 12.5. The van der Waals surface area contributed by atoms with Gasteiger partial charge in [0.2, 0.25) is 5.16 Å². The van der Waals surface area contributed by atoms with E-state index in [1.54, 1.807) is 7.11 Å². The predicted molar refractivity (Wildman–Crippen MR) is 104 cm³/mol.